The van der Waals surface area contributed by atoms with Crippen molar-refractivity contribution < 1.29 is 14.3 Å². The van der Waals surface area contributed by atoms with Gasteiger partial charge >= 0.3 is 0 Å². The van der Waals surface area contributed by atoms with E-state index < -0.39 is 0 Å². The van der Waals surface area contributed by atoms with Gasteiger partial charge in [0.05, 0.1) is 0 Å². The number of carbonyl (C=O) groups is 1. The zero-order valence-electron chi connectivity index (χ0n) is 11.4. The number of carbonyl (C=O) groups excluding carboxylic acids is 1. The lowest BCUT2D eigenvalue weighted by atomic mass is 10.1. The molecule has 1 aromatic carbocycles. The molecule has 0 aliphatic rings. The number of rotatable bonds is 8. The molecule has 4 heteroatoms. The first kappa shape index (κ1) is 15.6. The van der Waals surface area contributed by atoms with E-state index in [1.165, 1.54) is 12.1 Å². The first-order valence-corrected chi connectivity index (χ1v) is 6.72. The van der Waals surface area contributed by atoms with E-state index in [-0.39, 0.29) is 18.3 Å². The van der Waals surface area contributed by atoms with Gasteiger partial charge in [-0.1, -0.05) is 12.1 Å². The van der Waals surface area contributed by atoms with Crippen molar-refractivity contribution >= 4 is 5.91 Å². The molecular weight excluding hydrogens is 245 g/mol. The predicted molar refractivity (Wildman–Crippen MR) is 73.3 cm³/mol. The second-order valence-corrected chi connectivity index (χ2v) is 4.73. The van der Waals surface area contributed by atoms with Gasteiger partial charge in [-0.15, -0.1) is 0 Å². The Morgan fingerprint density at radius 3 is 2.53 bits per heavy atom. The van der Waals surface area contributed by atoms with E-state index >= 15 is 0 Å². The van der Waals surface area contributed by atoms with Crippen molar-refractivity contribution in [1.29, 1.82) is 0 Å². The number of aryl methyl sites for hydroxylation is 1. The Balaban J connectivity index is 2.24. The number of amides is 1. The lowest BCUT2D eigenvalue weighted by molar-refractivity contribution is -0.129. The van der Waals surface area contributed by atoms with Crippen LogP contribution >= 0.6 is 0 Å². The van der Waals surface area contributed by atoms with Crippen molar-refractivity contribution in [3.63, 3.8) is 0 Å². The van der Waals surface area contributed by atoms with Crippen molar-refractivity contribution in [2.45, 2.75) is 32.1 Å². The molecule has 1 amide bonds. The molecule has 0 saturated heterocycles. The number of halogens is 1. The van der Waals surface area contributed by atoms with E-state index in [1.54, 1.807) is 24.1 Å². The smallest absolute Gasteiger partial charge is 0.222 e. The molecule has 1 N–H and O–H groups in total. The van der Waals surface area contributed by atoms with Crippen LogP contribution in [0.3, 0.4) is 0 Å². The molecule has 0 aliphatic carbocycles. The Morgan fingerprint density at radius 2 is 1.89 bits per heavy atom. The van der Waals surface area contributed by atoms with Gasteiger partial charge in [-0.2, -0.15) is 0 Å². The maximum Gasteiger partial charge on any atom is 0.222 e. The van der Waals surface area contributed by atoms with Crippen LogP contribution in [-0.4, -0.2) is 36.1 Å². The highest BCUT2D eigenvalue weighted by Crippen LogP contribution is 2.07. The number of aliphatic hydroxyl groups excluding tert-OH is 1. The fraction of sp³-hybridized carbons (Fsp3) is 0.533. The molecule has 0 aliphatic heterocycles. The summed E-state index contributed by atoms with van der Waals surface area (Å²) in [6.45, 7) is 0.935. The molecule has 0 saturated carbocycles. The average Bonchev–Trinajstić information content (AvgIpc) is 2.42. The lowest BCUT2D eigenvalue weighted by Gasteiger charge is -2.17. The van der Waals surface area contributed by atoms with E-state index in [0.717, 1.165) is 31.4 Å². The fourth-order valence-corrected chi connectivity index (χ4v) is 1.86. The molecule has 19 heavy (non-hydrogen) atoms. The quantitative estimate of drug-likeness (QED) is 0.735. The van der Waals surface area contributed by atoms with Gasteiger partial charge in [0, 0.05) is 26.6 Å². The summed E-state index contributed by atoms with van der Waals surface area (Å²) < 4.78 is 12.7. The predicted octanol–water partition coefficient (Wildman–Crippen LogP) is 2.38. The second kappa shape index (κ2) is 8.64. The van der Waals surface area contributed by atoms with Crippen LogP contribution in [0.25, 0.3) is 0 Å². The summed E-state index contributed by atoms with van der Waals surface area (Å²) in [6.07, 6.45) is 3.73. The van der Waals surface area contributed by atoms with Crippen molar-refractivity contribution in [2.75, 3.05) is 20.2 Å². The van der Waals surface area contributed by atoms with Gasteiger partial charge in [-0.05, 0) is 43.4 Å². The molecule has 0 spiro atoms. The summed E-state index contributed by atoms with van der Waals surface area (Å²) in [4.78, 5) is 13.6. The fourth-order valence-electron chi connectivity index (χ4n) is 1.86. The van der Waals surface area contributed by atoms with Crippen LogP contribution in [0, 0.1) is 5.82 Å². The highest BCUT2D eigenvalue weighted by atomic mass is 19.1. The van der Waals surface area contributed by atoms with E-state index in [2.05, 4.69) is 0 Å². The van der Waals surface area contributed by atoms with E-state index in [0.29, 0.717) is 12.8 Å². The largest absolute Gasteiger partial charge is 0.396 e. The lowest BCUT2D eigenvalue weighted by Crippen LogP contribution is -2.27. The van der Waals surface area contributed by atoms with Crippen LogP contribution in [0.1, 0.15) is 31.2 Å². The van der Waals surface area contributed by atoms with E-state index in [9.17, 15) is 9.18 Å². The van der Waals surface area contributed by atoms with Gasteiger partial charge < -0.3 is 10.0 Å². The SMILES string of the molecule is CN(CCCCCO)C(=O)CCc1ccc(F)cc1. The van der Waals surface area contributed by atoms with Crippen LogP contribution in [0.2, 0.25) is 0 Å². The molecule has 0 bridgehead atoms. The Kier molecular flexibility index (Phi) is 7.11. The summed E-state index contributed by atoms with van der Waals surface area (Å²) in [5.74, 6) is -0.149. The molecule has 0 aromatic heterocycles. The van der Waals surface area contributed by atoms with Crippen LogP contribution in [0.5, 0.6) is 0 Å². The number of benzene rings is 1. The normalized spacial score (nSPS) is 10.5. The van der Waals surface area contributed by atoms with E-state index in [1.807, 2.05) is 0 Å². The van der Waals surface area contributed by atoms with Crippen molar-refractivity contribution in [3.8, 4) is 0 Å². The summed E-state index contributed by atoms with van der Waals surface area (Å²) >= 11 is 0. The van der Waals surface area contributed by atoms with Gasteiger partial charge in [-0.25, -0.2) is 4.39 Å². The van der Waals surface area contributed by atoms with Gasteiger partial charge in [0.25, 0.3) is 0 Å². The number of hydrogen-bond acceptors (Lipinski definition) is 2. The molecule has 0 unspecified atom stereocenters. The minimum atomic E-state index is -0.254. The average molecular weight is 267 g/mol. The Morgan fingerprint density at radius 1 is 1.21 bits per heavy atom. The summed E-state index contributed by atoms with van der Waals surface area (Å²) in [6, 6.07) is 6.25. The summed E-state index contributed by atoms with van der Waals surface area (Å²) in [5, 5.41) is 8.66. The maximum absolute atomic E-state index is 12.7. The van der Waals surface area contributed by atoms with Crippen LogP contribution in [0.4, 0.5) is 4.39 Å². The number of hydrogen-bond donors (Lipinski definition) is 1. The Hall–Kier alpha value is -1.42. The van der Waals surface area contributed by atoms with Gasteiger partial charge in [-0.3, -0.25) is 4.79 Å². The van der Waals surface area contributed by atoms with Crippen LogP contribution < -0.4 is 0 Å². The maximum atomic E-state index is 12.7. The van der Waals surface area contributed by atoms with Gasteiger partial charge in [0.15, 0.2) is 0 Å². The standard InChI is InChI=1S/C15H22FNO2/c1-17(11-3-2-4-12-18)15(19)10-7-13-5-8-14(16)9-6-13/h5-6,8-9,18H,2-4,7,10-12H2,1H3. The highest BCUT2D eigenvalue weighted by Gasteiger charge is 2.08. The third-order valence-corrected chi connectivity index (χ3v) is 3.12. The molecule has 106 valence electrons. The van der Waals surface area contributed by atoms with Crippen molar-refractivity contribution in [1.82, 2.24) is 4.90 Å². The Labute approximate surface area is 114 Å². The van der Waals surface area contributed by atoms with Crippen molar-refractivity contribution in [3.05, 3.63) is 35.6 Å². The van der Waals surface area contributed by atoms with Gasteiger partial charge in [0.1, 0.15) is 5.82 Å². The molecule has 0 fully saturated rings. The highest BCUT2D eigenvalue weighted by molar-refractivity contribution is 5.76. The minimum absolute atomic E-state index is 0.105. The molecule has 1 rings (SSSR count). The monoisotopic (exact) mass is 267 g/mol. The third-order valence-electron chi connectivity index (χ3n) is 3.12. The number of nitrogens with zero attached hydrogens (tertiary/aromatic N) is 1. The first-order chi connectivity index (χ1) is 9.13. The third kappa shape index (κ3) is 6.34. The first-order valence-electron chi connectivity index (χ1n) is 6.72. The molecule has 0 atom stereocenters. The minimum Gasteiger partial charge on any atom is -0.396 e. The summed E-state index contributed by atoms with van der Waals surface area (Å²) in [5.41, 5.74) is 0.975. The second-order valence-electron chi connectivity index (χ2n) is 4.73. The molecule has 0 radical (unpaired) electrons. The van der Waals surface area contributed by atoms with Gasteiger partial charge in [0.2, 0.25) is 5.91 Å². The molecule has 0 heterocycles. The van der Waals surface area contributed by atoms with Crippen LogP contribution in [-0.2, 0) is 11.2 Å². The van der Waals surface area contributed by atoms with E-state index in [4.69, 9.17) is 5.11 Å². The van der Waals surface area contributed by atoms with Crippen molar-refractivity contribution in [2.24, 2.45) is 0 Å². The van der Waals surface area contributed by atoms with Crippen LogP contribution in [0.15, 0.2) is 24.3 Å². The molecule has 3 nitrogen and oxygen atoms in total. The topological polar surface area (TPSA) is 40.5 Å². The zero-order chi connectivity index (χ0) is 14.1. The zero-order valence-corrected chi connectivity index (χ0v) is 11.4. The molecular formula is C15H22FNO2. The Bertz CT molecular complexity index is 378. The number of aliphatic hydroxyl groups is 1. The number of unbranched alkanes of at least 4 members (excludes halogenated alkanes) is 2. The summed E-state index contributed by atoms with van der Waals surface area (Å²) in [7, 11) is 1.80. The molecule has 1 aromatic rings.